The average Bonchev–Trinajstić information content (AvgIpc) is 3.22. The Morgan fingerprint density at radius 3 is 2.81 bits per heavy atom. The van der Waals surface area contributed by atoms with E-state index in [4.69, 9.17) is 0 Å². The van der Waals surface area contributed by atoms with E-state index in [9.17, 15) is 4.79 Å². The van der Waals surface area contributed by atoms with Crippen LogP contribution in [-0.4, -0.2) is 38.7 Å². The minimum absolute atomic E-state index is 0.0938. The van der Waals surface area contributed by atoms with Crippen LogP contribution in [-0.2, 0) is 11.3 Å². The molecule has 21 heavy (non-hydrogen) atoms. The molecule has 1 heterocycles. The Balaban J connectivity index is 1.87. The molecule has 0 spiro atoms. The van der Waals surface area contributed by atoms with Crippen LogP contribution in [0.15, 0.2) is 24.3 Å². The third-order valence-corrected chi connectivity index (χ3v) is 3.83. The summed E-state index contributed by atoms with van der Waals surface area (Å²) < 4.78 is 1.71. The largest absolute Gasteiger partial charge is 0.341 e. The molecule has 0 aliphatic heterocycles. The highest BCUT2D eigenvalue weighted by Crippen LogP contribution is 2.26. The highest BCUT2D eigenvalue weighted by atomic mass is 16.2. The van der Waals surface area contributed by atoms with Gasteiger partial charge in [-0.3, -0.25) is 4.79 Å². The molecular formula is C16H20N4O. The maximum Gasteiger partial charge on any atom is 0.244 e. The lowest BCUT2D eigenvalue weighted by Gasteiger charge is -2.16. The predicted octanol–water partition coefficient (Wildman–Crippen LogP) is 2.18. The third-order valence-electron chi connectivity index (χ3n) is 3.83. The molecule has 1 aromatic heterocycles. The van der Waals surface area contributed by atoms with Crippen molar-refractivity contribution in [3.8, 4) is 11.4 Å². The van der Waals surface area contributed by atoms with E-state index in [1.165, 1.54) is 5.56 Å². The van der Waals surface area contributed by atoms with Crippen molar-refractivity contribution in [2.24, 2.45) is 0 Å². The Bertz CT molecular complexity index is 673. The van der Waals surface area contributed by atoms with Gasteiger partial charge in [0.2, 0.25) is 5.91 Å². The van der Waals surface area contributed by atoms with Crippen molar-refractivity contribution < 1.29 is 4.79 Å². The van der Waals surface area contributed by atoms with Crippen molar-refractivity contribution in [2.45, 2.75) is 39.3 Å². The zero-order chi connectivity index (χ0) is 15.0. The molecule has 2 aromatic rings. The van der Waals surface area contributed by atoms with Gasteiger partial charge in [-0.2, -0.15) is 5.10 Å². The number of carbonyl (C=O) groups is 1. The molecule has 0 atom stereocenters. The first-order valence-corrected chi connectivity index (χ1v) is 7.29. The summed E-state index contributed by atoms with van der Waals surface area (Å²) in [7, 11) is 1.87. The maximum absolute atomic E-state index is 12.3. The number of hydrogen-bond donors (Lipinski definition) is 0. The summed E-state index contributed by atoms with van der Waals surface area (Å²) in [5.41, 5.74) is 2.17. The molecule has 1 amide bonds. The SMILES string of the molecule is Cc1cccc(-c2nc(C)nn2CC(=O)N(C)C2CC2)c1. The van der Waals surface area contributed by atoms with Gasteiger partial charge in [0.1, 0.15) is 12.4 Å². The van der Waals surface area contributed by atoms with E-state index in [0.717, 1.165) is 24.2 Å². The van der Waals surface area contributed by atoms with E-state index in [-0.39, 0.29) is 12.5 Å². The van der Waals surface area contributed by atoms with Gasteiger partial charge in [0.25, 0.3) is 0 Å². The van der Waals surface area contributed by atoms with E-state index in [0.29, 0.717) is 11.9 Å². The molecule has 1 fully saturated rings. The molecule has 3 rings (SSSR count). The van der Waals surface area contributed by atoms with Crippen LogP contribution in [0.5, 0.6) is 0 Å². The highest BCUT2D eigenvalue weighted by molar-refractivity contribution is 5.77. The molecule has 0 bridgehead atoms. The quantitative estimate of drug-likeness (QED) is 0.864. The molecule has 0 saturated heterocycles. The van der Waals surface area contributed by atoms with E-state index >= 15 is 0 Å². The van der Waals surface area contributed by atoms with Gasteiger partial charge in [-0.1, -0.05) is 23.8 Å². The van der Waals surface area contributed by atoms with E-state index in [1.54, 1.807) is 4.68 Å². The summed E-state index contributed by atoms with van der Waals surface area (Å²) in [5, 5.41) is 4.38. The van der Waals surface area contributed by atoms with Crippen LogP contribution < -0.4 is 0 Å². The highest BCUT2D eigenvalue weighted by Gasteiger charge is 2.30. The molecule has 0 radical (unpaired) electrons. The minimum atomic E-state index is 0.0938. The summed E-state index contributed by atoms with van der Waals surface area (Å²) in [6.45, 7) is 4.14. The van der Waals surface area contributed by atoms with Crippen LogP contribution >= 0.6 is 0 Å². The zero-order valence-corrected chi connectivity index (χ0v) is 12.7. The Hall–Kier alpha value is -2.17. The van der Waals surface area contributed by atoms with Crippen molar-refractivity contribution >= 4 is 5.91 Å². The fourth-order valence-corrected chi connectivity index (χ4v) is 2.47. The first-order chi connectivity index (χ1) is 10.0. The normalized spacial score (nSPS) is 14.2. The van der Waals surface area contributed by atoms with Crippen molar-refractivity contribution in [3.63, 3.8) is 0 Å². The Morgan fingerprint density at radius 1 is 1.38 bits per heavy atom. The van der Waals surface area contributed by atoms with Crippen LogP contribution in [0, 0.1) is 13.8 Å². The van der Waals surface area contributed by atoms with Gasteiger partial charge >= 0.3 is 0 Å². The lowest BCUT2D eigenvalue weighted by molar-refractivity contribution is -0.131. The van der Waals surface area contributed by atoms with Gasteiger partial charge in [-0.15, -0.1) is 0 Å². The second kappa shape index (κ2) is 5.31. The summed E-state index contributed by atoms with van der Waals surface area (Å²) in [4.78, 5) is 18.6. The van der Waals surface area contributed by atoms with E-state index in [2.05, 4.69) is 16.1 Å². The van der Waals surface area contributed by atoms with Crippen LogP contribution in [0.1, 0.15) is 24.2 Å². The molecule has 0 N–H and O–H groups in total. The minimum Gasteiger partial charge on any atom is -0.341 e. The lowest BCUT2D eigenvalue weighted by Crippen LogP contribution is -2.32. The number of amides is 1. The zero-order valence-electron chi connectivity index (χ0n) is 12.7. The molecule has 110 valence electrons. The van der Waals surface area contributed by atoms with Gasteiger partial charge in [0.15, 0.2) is 5.82 Å². The fourth-order valence-electron chi connectivity index (χ4n) is 2.47. The standard InChI is InChI=1S/C16H20N4O/c1-11-5-4-6-13(9-11)16-17-12(2)18-20(16)10-15(21)19(3)14-7-8-14/h4-6,9,14H,7-8,10H2,1-3H3. The van der Waals surface area contributed by atoms with Crippen molar-refractivity contribution in [2.75, 3.05) is 7.05 Å². The number of nitrogens with zero attached hydrogens (tertiary/aromatic N) is 4. The number of aromatic nitrogens is 3. The van der Waals surface area contributed by atoms with Gasteiger partial charge < -0.3 is 4.90 Å². The van der Waals surface area contributed by atoms with Gasteiger partial charge in [-0.25, -0.2) is 9.67 Å². The number of rotatable bonds is 4. The van der Waals surface area contributed by atoms with Crippen LogP contribution in [0.2, 0.25) is 0 Å². The molecule has 5 heteroatoms. The summed E-state index contributed by atoms with van der Waals surface area (Å²) in [6, 6.07) is 8.53. The van der Waals surface area contributed by atoms with Crippen LogP contribution in [0.25, 0.3) is 11.4 Å². The third kappa shape index (κ3) is 2.96. The molecule has 1 aliphatic rings. The average molecular weight is 284 g/mol. The van der Waals surface area contributed by atoms with Crippen molar-refractivity contribution in [1.82, 2.24) is 19.7 Å². The van der Waals surface area contributed by atoms with Crippen LogP contribution in [0.3, 0.4) is 0 Å². The Labute approximate surface area is 124 Å². The molecule has 0 unspecified atom stereocenters. The Morgan fingerprint density at radius 2 is 2.14 bits per heavy atom. The molecule has 1 aromatic carbocycles. The van der Waals surface area contributed by atoms with Gasteiger partial charge in [0, 0.05) is 18.7 Å². The first-order valence-electron chi connectivity index (χ1n) is 7.29. The molecule has 5 nitrogen and oxygen atoms in total. The first kappa shape index (κ1) is 13.8. The monoisotopic (exact) mass is 284 g/mol. The maximum atomic E-state index is 12.3. The topological polar surface area (TPSA) is 51.0 Å². The van der Waals surface area contributed by atoms with Crippen molar-refractivity contribution in [1.29, 1.82) is 0 Å². The van der Waals surface area contributed by atoms with Gasteiger partial charge in [0.05, 0.1) is 0 Å². The number of benzene rings is 1. The number of likely N-dealkylation sites (N-methyl/N-ethyl adjacent to an activating group) is 1. The van der Waals surface area contributed by atoms with Crippen molar-refractivity contribution in [3.05, 3.63) is 35.7 Å². The lowest BCUT2D eigenvalue weighted by atomic mass is 10.1. The van der Waals surface area contributed by atoms with E-state index < -0.39 is 0 Å². The Kier molecular flexibility index (Phi) is 3.49. The second-order valence-electron chi connectivity index (χ2n) is 5.75. The molecule has 1 aliphatic carbocycles. The molecule has 1 saturated carbocycles. The number of hydrogen-bond acceptors (Lipinski definition) is 3. The van der Waals surface area contributed by atoms with E-state index in [1.807, 2.05) is 44.0 Å². The van der Waals surface area contributed by atoms with Gasteiger partial charge in [-0.05, 0) is 32.8 Å². The summed E-state index contributed by atoms with van der Waals surface area (Å²) >= 11 is 0. The summed E-state index contributed by atoms with van der Waals surface area (Å²) in [5.74, 6) is 1.54. The predicted molar refractivity (Wildman–Crippen MR) is 80.7 cm³/mol. The molecular weight excluding hydrogens is 264 g/mol. The smallest absolute Gasteiger partial charge is 0.244 e. The number of carbonyl (C=O) groups excluding carboxylic acids is 1. The number of aryl methyl sites for hydroxylation is 2. The summed E-state index contributed by atoms with van der Waals surface area (Å²) in [6.07, 6.45) is 2.23. The fraction of sp³-hybridized carbons (Fsp3) is 0.438. The second-order valence-corrected chi connectivity index (χ2v) is 5.75. The van der Waals surface area contributed by atoms with Crippen LogP contribution in [0.4, 0.5) is 0 Å².